The molecule has 3 N–H and O–H groups in total. The van der Waals surface area contributed by atoms with Crippen LogP contribution in [0.5, 0.6) is 5.75 Å². The number of rotatable bonds is 3. The summed E-state index contributed by atoms with van der Waals surface area (Å²) < 4.78 is 0.658. The minimum absolute atomic E-state index is 0. The minimum atomic E-state index is 0. The largest absolute Gasteiger partial charge is 0.507 e. The lowest BCUT2D eigenvalue weighted by Gasteiger charge is -2.35. The molecule has 0 bridgehead atoms. The van der Waals surface area contributed by atoms with Crippen LogP contribution in [0, 0.1) is 0 Å². The Morgan fingerprint density at radius 1 is 1.20 bits per heavy atom. The summed E-state index contributed by atoms with van der Waals surface area (Å²) in [5.41, 5.74) is 7.10. The topological polar surface area (TPSA) is 90.9 Å². The van der Waals surface area contributed by atoms with Gasteiger partial charge in [0.05, 0.1) is 11.0 Å². The van der Waals surface area contributed by atoms with Crippen LogP contribution >= 0.6 is 39.9 Å². The maximum Gasteiger partial charge on any atom is 0.225 e. The lowest BCUT2D eigenvalue weighted by atomic mass is 10.2. The standard InChI is InChI=1S/C16H19BrN6O.HI/c17-13-10-12(2-3-14(13)24)11-21-15(18)22-6-8-23(9-7-22)16-19-4-1-5-20-16;/h1-5,10,24H,6-9,11H2,(H2,18,21);1H. The molecule has 7 nitrogen and oxygen atoms in total. The molecule has 1 aromatic carbocycles. The fraction of sp³-hybridized carbons (Fsp3) is 0.312. The molecule has 0 amide bonds. The summed E-state index contributed by atoms with van der Waals surface area (Å²) >= 11 is 3.30. The summed E-state index contributed by atoms with van der Waals surface area (Å²) in [6.07, 6.45) is 3.50. The Bertz CT molecular complexity index is 722. The highest BCUT2D eigenvalue weighted by atomic mass is 127. The van der Waals surface area contributed by atoms with E-state index >= 15 is 0 Å². The number of benzene rings is 1. The smallest absolute Gasteiger partial charge is 0.225 e. The van der Waals surface area contributed by atoms with Crippen molar-refractivity contribution in [2.75, 3.05) is 31.1 Å². The average molecular weight is 519 g/mol. The molecule has 0 spiro atoms. The van der Waals surface area contributed by atoms with E-state index in [0.717, 1.165) is 37.7 Å². The van der Waals surface area contributed by atoms with Gasteiger partial charge in [0.25, 0.3) is 0 Å². The lowest BCUT2D eigenvalue weighted by molar-refractivity contribution is 0.378. The van der Waals surface area contributed by atoms with Crippen molar-refractivity contribution in [3.8, 4) is 5.75 Å². The van der Waals surface area contributed by atoms with Gasteiger partial charge in [-0.25, -0.2) is 15.0 Å². The molecule has 2 aromatic rings. The van der Waals surface area contributed by atoms with Crippen molar-refractivity contribution in [1.82, 2.24) is 14.9 Å². The molecule has 1 fully saturated rings. The van der Waals surface area contributed by atoms with Gasteiger partial charge in [-0.3, -0.25) is 0 Å². The van der Waals surface area contributed by atoms with Gasteiger partial charge in [0.15, 0.2) is 5.96 Å². The molecule has 1 aliphatic heterocycles. The number of aliphatic imine (C=N–C) groups is 1. The number of nitrogens with two attached hydrogens (primary N) is 1. The van der Waals surface area contributed by atoms with Crippen LogP contribution in [-0.2, 0) is 6.54 Å². The van der Waals surface area contributed by atoms with E-state index in [1.807, 2.05) is 18.2 Å². The van der Waals surface area contributed by atoms with E-state index in [0.29, 0.717) is 17.0 Å². The highest BCUT2D eigenvalue weighted by Crippen LogP contribution is 2.24. The zero-order valence-corrected chi connectivity index (χ0v) is 17.5. The number of hydrogen-bond acceptors (Lipinski definition) is 5. The minimum Gasteiger partial charge on any atom is -0.507 e. The van der Waals surface area contributed by atoms with Crippen molar-refractivity contribution < 1.29 is 5.11 Å². The number of halogens is 2. The van der Waals surface area contributed by atoms with Crippen molar-refractivity contribution in [3.63, 3.8) is 0 Å². The van der Waals surface area contributed by atoms with Gasteiger partial charge < -0.3 is 20.6 Å². The first-order valence-electron chi connectivity index (χ1n) is 7.68. The van der Waals surface area contributed by atoms with E-state index in [1.54, 1.807) is 18.5 Å². The molecule has 0 saturated carbocycles. The van der Waals surface area contributed by atoms with Gasteiger partial charge in [-0.05, 0) is 39.7 Å². The predicted molar refractivity (Wildman–Crippen MR) is 112 cm³/mol. The molecule has 3 rings (SSSR count). The molecular weight excluding hydrogens is 499 g/mol. The third-order valence-corrected chi connectivity index (χ3v) is 4.51. The number of aromatic hydroxyl groups is 1. The summed E-state index contributed by atoms with van der Waals surface area (Å²) in [6, 6.07) is 7.13. The number of phenols is 1. The molecule has 2 heterocycles. The van der Waals surface area contributed by atoms with Crippen molar-refractivity contribution in [3.05, 3.63) is 46.7 Å². The van der Waals surface area contributed by atoms with E-state index in [2.05, 4.69) is 40.7 Å². The fourth-order valence-corrected chi connectivity index (χ4v) is 2.94. The third kappa shape index (κ3) is 5.18. The highest BCUT2D eigenvalue weighted by Gasteiger charge is 2.19. The van der Waals surface area contributed by atoms with Gasteiger partial charge in [-0.15, -0.1) is 24.0 Å². The zero-order chi connectivity index (χ0) is 16.9. The second-order valence-electron chi connectivity index (χ2n) is 5.48. The molecule has 0 radical (unpaired) electrons. The van der Waals surface area contributed by atoms with Crippen LogP contribution in [0.4, 0.5) is 5.95 Å². The second kappa shape index (κ2) is 9.18. The van der Waals surface area contributed by atoms with Crippen LogP contribution in [0.3, 0.4) is 0 Å². The second-order valence-corrected chi connectivity index (χ2v) is 6.34. The number of anilines is 1. The Labute approximate surface area is 172 Å². The summed E-state index contributed by atoms with van der Waals surface area (Å²) in [6.45, 7) is 3.67. The van der Waals surface area contributed by atoms with E-state index in [4.69, 9.17) is 5.73 Å². The third-order valence-electron chi connectivity index (χ3n) is 3.87. The lowest BCUT2D eigenvalue weighted by Crippen LogP contribution is -2.51. The Balaban J connectivity index is 0.00000225. The maximum absolute atomic E-state index is 9.51. The average Bonchev–Trinajstić information content (AvgIpc) is 2.63. The van der Waals surface area contributed by atoms with Crippen LogP contribution in [0.15, 0.2) is 46.1 Å². The number of hydrogen-bond donors (Lipinski definition) is 2. The highest BCUT2D eigenvalue weighted by molar-refractivity contribution is 14.0. The summed E-state index contributed by atoms with van der Waals surface area (Å²) in [5, 5.41) is 9.51. The Kier molecular flexibility index (Phi) is 7.24. The van der Waals surface area contributed by atoms with Crippen LogP contribution in [0.2, 0.25) is 0 Å². The van der Waals surface area contributed by atoms with Gasteiger partial charge in [0.2, 0.25) is 5.95 Å². The van der Waals surface area contributed by atoms with Crippen LogP contribution in [0.25, 0.3) is 0 Å². The number of piperazine rings is 1. The van der Waals surface area contributed by atoms with Gasteiger partial charge >= 0.3 is 0 Å². The molecule has 134 valence electrons. The van der Waals surface area contributed by atoms with E-state index < -0.39 is 0 Å². The fourth-order valence-electron chi connectivity index (χ4n) is 2.51. The Hall–Kier alpha value is -1.62. The van der Waals surface area contributed by atoms with Crippen LogP contribution < -0.4 is 10.6 Å². The van der Waals surface area contributed by atoms with Gasteiger partial charge in [-0.1, -0.05) is 6.07 Å². The Morgan fingerprint density at radius 2 is 1.88 bits per heavy atom. The zero-order valence-electron chi connectivity index (χ0n) is 13.5. The van der Waals surface area contributed by atoms with E-state index in [1.165, 1.54) is 0 Å². The monoisotopic (exact) mass is 518 g/mol. The van der Waals surface area contributed by atoms with Gasteiger partial charge in [-0.2, -0.15) is 0 Å². The SMILES string of the molecule is I.NC(=NCc1ccc(O)c(Br)c1)N1CCN(c2ncccn2)CC1. The van der Waals surface area contributed by atoms with Crippen molar-refractivity contribution in [1.29, 1.82) is 0 Å². The quantitative estimate of drug-likeness (QED) is 0.368. The van der Waals surface area contributed by atoms with E-state index in [9.17, 15) is 5.11 Å². The summed E-state index contributed by atoms with van der Waals surface area (Å²) in [4.78, 5) is 17.2. The van der Waals surface area contributed by atoms with Crippen LogP contribution in [0.1, 0.15) is 5.56 Å². The number of nitrogens with zero attached hydrogens (tertiary/aromatic N) is 5. The number of phenolic OH excluding ortho intramolecular Hbond substituents is 1. The van der Waals surface area contributed by atoms with Crippen molar-refractivity contribution in [2.24, 2.45) is 10.7 Å². The normalized spacial score (nSPS) is 15.0. The number of guanidine groups is 1. The Morgan fingerprint density at radius 3 is 2.52 bits per heavy atom. The van der Waals surface area contributed by atoms with Crippen molar-refractivity contribution >= 4 is 51.8 Å². The molecular formula is C16H20BrIN6O. The number of aromatic nitrogens is 2. The first-order chi connectivity index (χ1) is 11.6. The summed E-state index contributed by atoms with van der Waals surface area (Å²) in [7, 11) is 0. The van der Waals surface area contributed by atoms with Crippen LogP contribution in [-0.4, -0.2) is 52.1 Å². The molecule has 0 unspecified atom stereocenters. The van der Waals surface area contributed by atoms with Crippen molar-refractivity contribution in [2.45, 2.75) is 6.54 Å². The van der Waals surface area contributed by atoms with E-state index in [-0.39, 0.29) is 29.7 Å². The molecule has 9 heteroatoms. The molecule has 1 aromatic heterocycles. The molecule has 25 heavy (non-hydrogen) atoms. The molecule has 0 aliphatic carbocycles. The summed E-state index contributed by atoms with van der Waals surface area (Å²) in [5.74, 6) is 1.50. The molecule has 1 aliphatic rings. The maximum atomic E-state index is 9.51. The van der Waals surface area contributed by atoms with Gasteiger partial charge in [0.1, 0.15) is 5.75 Å². The molecule has 0 atom stereocenters. The molecule has 1 saturated heterocycles. The van der Waals surface area contributed by atoms with Gasteiger partial charge in [0, 0.05) is 38.6 Å². The first kappa shape index (κ1) is 19.7. The first-order valence-corrected chi connectivity index (χ1v) is 8.47. The predicted octanol–water partition coefficient (Wildman–Crippen LogP) is 2.20.